The fourth-order valence-corrected chi connectivity index (χ4v) is 4.68. The van der Waals surface area contributed by atoms with Crippen LogP contribution in [-0.2, 0) is 19.6 Å². The highest BCUT2D eigenvalue weighted by atomic mass is 32.2. The monoisotopic (exact) mass is 453 g/mol. The summed E-state index contributed by atoms with van der Waals surface area (Å²) < 4.78 is 32.3. The number of aromatic nitrogens is 1. The second kappa shape index (κ2) is 9.39. The molecule has 3 aromatic rings. The number of hydroxylamine groups is 1. The number of nitrogens with one attached hydrogen (secondary N) is 1. The topological polar surface area (TPSA) is 101 Å². The molecule has 2 heterocycles. The molecule has 1 aromatic heterocycles. The molecular weight excluding hydrogens is 430 g/mol. The molecule has 4 rings (SSSR count). The van der Waals surface area contributed by atoms with Gasteiger partial charge in [0.1, 0.15) is 0 Å². The number of amides is 1. The first-order valence-corrected chi connectivity index (χ1v) is 11.5. The Balaban J connectivity index is 1.50. The van der Waals surface area contributed by atoms with Gasteiger partial charge in [-0.25, -0.2) is 17.9 Å². The quantitative estimate of drug-likeness (QED) is 0.338. The summed E-state index contributed by atoms with van der Waals surface area (Å²) in [6, 6.07) is 16.5. The lowest BCUT2D eigenvalue weighted by molar-refractivity contribution is -0.124. The molecule has 1 fully saturated rings. The molecule has 166 valence electrons. The van der Waals surface area contributed by atoms with Gasteiger partial charge in [0.2, 0.25) is 0 Å². The third kappa shape index (κ3) is 4.75. The van der Waals surface area contributed by atoms with Crippen LogP contribution >= 0.6 is 0 Å². The minimum atomic E-state index is -3.77. The van der Waals surface area contributed by atoms with E-state index in [2.05, 4.69) is 17.0 Å². The molecule has 32 heavy (non-hydrogen) atoms. The van der Waals surface area contributed by atoms with Gasteiger partial charge in [0.05, 0.1) is 18.1 Å². The number of hydrogen-bond donors (Lipinski definition) is 2. The number of carbonyl (C=O) groups is 1. The third-order valence-electron chi connectivity index (χ3n) is 5.23. The fraction of sp³-hybridized carbons (Fsp3) is 0.174. The molecule has 1 aliphatic heterocycles. The molecule has 0 saturated carbocycles. The maximum atomic E-state index is 12.9. The summed E-state index contributed by atoms with van der Waals surface area (Å²) in [5, 5.41) is 8.52. The predicted molar refractivity (Wildman–Crippen MR) is 121 cm³/mol. The largest absolute Gasteiger partial charge is 0.378 e. The van der Waals surface area contributed by atoms with Gasteiger partial charge in [-0.3, -0.25) is 10.0 Å². The molecule has 0 bridgehead atoms. The van der Waals surface area contributed by atoms with Gasteiger partial charge in [0.25, 0.3) is 15.9 Å². The number of ether oxygens (including phenoxy) is 1. The fourth-order valence-electron chi connectivity index (χ4n) is 3.48. The molecule has 1 amide bonds. The summed E-state index contributed by atoms with van der Waals surface area (Å²) in [4.78, 5) is 13.5. The van der Waals surface area contributed by atoms with Crippen molar-refractivity contribution in [1.29, 1.82) is 0 Å². The highest BCUT2D eigenvalue weighted by molar-refractivity contribution is 7.90. The number of nitrogens with zero attached hydrogens (tertiary/aromatic N) is 2. The molecule has 2 aromatic carbocycles. The number of carbonyl (C=O) groups excluding carboxylic acids is 1. The highest BCUT2D eigenvalue weighted by Crippen LogP contribution is 2.26. The van der Waals surface area contributed by atoms with Crippen LogP contribution in [-0.4, -0.2) is 49.8 Å². The van der Waals surface area contributed by atoms with Gasteiger partial charge in [-0.2, -0.15) is 0 Å². The number of morpholine rings is 1. The first kappa shape index (κ1) is 21.8. The van der Waals surface area contributed by atoms with Gasteiger partial charge in [0.15, 0.2) is 0 Å². The van der Waals surface area contributed by atoms with E-state index in [1.807, 2.05) is 12.1 Å². The first-order chi connectivity index (χ1) is 15.5. The zero-order valence-electron chi connectivity index (χ0n) is 17.2. The Labute approximate surface area is 186 Å². The van der Waals surface area contributed by atoms with Crippen LogP contribution in [0.25, 0.3) is 17.2 Å². The molecule has 0 spiro atoms. The van der Waals surface area contributed by atoms with Gasteiger partial charge < -0.3 is 9.64 Å². The van der Waals surface area contributed by atoms with E-state index >= 15 is 0 Å². The highest BCUT2D eigenvalue weighted by Gasteiger charge is 2.17. The van der Waals surface area contributed by atoms with Crippen molar-refractivity contribution in [3.8, 4) is 11.1 Å². The lowest BCUT2D eigenvalue weighted by atomic mass is 10.1. The lowest BCUT2D eigenvalue weighted by Gasteiger charge is -2.28. The minimum Gasteiger partial charge on any atom is -0.378 e. The van der Waals surface area contributed by atoms with Crippen molar-refractivity contribution >= 4 is 27.7 Å². The summed E-state index contributed by atoms with van der Waals surface area (Å²) >= 11 is 0. The second-order valence-electron chi connectivity index (χ2n) is 7.26. The maximum absolute atomic E-state index is 12.9. The molecule has 2 N–H and O–H groups in total. The van der Waals surface area contributed by atoms with Crippen molar-refractivity contribution in [3.63, 3.8) is 0 Å². The average Bonchev–Trinajstić information content (AvgIpc) is 3.33. The van der Waals surface area contributed by atoms with Crippen LogP contribution in [0.15, 0.2) is 78.0 Å². The zero-order valence-corrected chi connectivity index (χ0v) is 18.0. The van der Waals surface area contributed by atoms with Crippen molar-refractivity contribution in [2.45, 2.75) is 4.90 Å². The molecule has 1 saturated heterocycles. The SMILES string of the molecule is O=C(C=Cc1ccn(S(=O)(=O)c2ccc(-c3ccc(N4CCOCC4)cc3)cc2)c1)NO. The number of anilines is 1. The van der Waals surface area contributed by atoms with Crippen LogP contribution in [0.5, 0.6) is 0 Å². The Bertz CT molecular complexity index is 1210. The Morgan fingerprint density at radius 3 is 2.22 bits per heavy atom. The van der Waals surface area contributed by atoms with Crippen LogP contribution in [0, 0.1) is 0 Å². The predicted octanol–water partition coefficient (Wildman–Crippen LogP) is 2.75. The Hall–Kier alpha value is -3.40. The van der Waals surface area contributed by atoms with Crippen molar-refractivity contribution < 1.29 is 23.2 Å². The van der Waals surface area contributed by atoms with E-state index in [4.69, 9.17) is 9.94 Å². The number of benzene rings is 2. The van der Waals surface area contributed by atoms with Crippen LogP contribution in [0.2, 0.25) is 0 Å². The zero-order chi connectivity index (χ0) is 22.6. The van der Waals surface area contributed by atoms with E-state index in [0.717, 1.165) is 53.2 Å². The molecule has 0 atom stereocenters. The molecule has 9 heteroatoms. The lowest BCUT2D eigenvalue weighted by Crippen LogP contribution is -2.36. The van der Waals surface area contributed by atoms with Gasteiger partial charge in [-0.1, -0.05) is 24.3 Å². The van der Waals surface area contributed by atoms with Gasteiger partial charge in [0, 0.05) is 37.2 Å². The summed E-state index contributed by atoms with van der Waals surface area (Å²) in [5.41, 5.74) is 5.05. The van der Waals surface area contributed by atoms with Crippen LogP contribution in [0.4, 0.5) is 5.69 Å². The molecular formula is C23H23N3O5S. The van der Waals surface area contributed by atoms with Crippen molar-refractivity contribution in [2.75, 3.05) is 31.2 Å². The molecule has 0 radical (unpaired) electrons. The first-order valence-electron chi connectivity index (χ1n) is 10.1. The summed E-state index contributed by atoms with van der Waals surface area (Å²) in [5.74, 6) is -0.700. The van der Waals surface area contributed by atoms with Gasteiger partial charge in [-0.05, 0) is 53.1 Å². The number of rotatable bonds is 6. The Morgan fingerprint density at radius 2 is 1.59 bits per heavy atom. The number of hydrogen-bond acceptors (Lipinski definition) is 6. The van der Waals surface area contributed by atoms with E-state index in [1.165, 1.54) is 23.9 Å². The maximum Gasteiger partial charge on any atom is 0.267 e. The third-order valence-corrected chi connectivity index (χ3v) is 6.88. The van der Waals surface area contributed by atoms with Crippen LogP contribution < -0.4 is 10.4 Å². The minimum absolute atomic E-state index is 0.158. The van der Waals surface area contributed by atoms with Gasteiger partial charge in [-0.15, -0.1) is 0 Å². The summed E-state index contributed by atoms with van der Waals surface area (Å²) in [6.07, 6.45) is 5.31. The molecule has 1 aliphatic rings. The van der Waals surface area contributed by atoms with Crippen LogP contribution in [0.3, 0.4) is 0 Å². The second-order valence-corrected chi connectivity index (χ2v) is 9.10. The molecule has 0 aliphatic carbocycles. The average molecular weight is 454 g/mol. The Morgan fingerprint density at radius 1 is 0.969 bits per heavy atom. The summed E-state index contributed by atoms with van der Waals surface area (Å²) in [7, 11) is -3.77. The standard InChI is InChI=1S/C23H23N3O5S/c27-23(24-28)10-1-18-11-12-26(17-18)32(29,30)22-8-4-20(5-9-22)19-2-6-21(7-3-19)25-13-15-31-16-14-25/h1-12,17,28H,13-16H2,(H,24,27). The Kier molecular flexibility index (Phi) is 6.40. The normalized spacial score (nSPS) is 14.6. The van der Waals surface area contributed by atoms with Crippen molar-refractivity contribution in [2.24, 2.45) is 0 Å². The molecule has 0 unspecified atom stereocenters. The van der Waals surface area contributed by atoms with Crippen molar-refractivity contribution in [1.82, 2.24) is 9.45 Å². The summed E-state index contributed by atoms with van der Waals surface area (Å²) in [6.45, 7) is 3.21. The molecule has 8 nitrogen and oxygen atoms in total. The van der Waals surface area contributed by atoms with E-state index in [0.29, 0.717) is 5.56 Å². The van der Waals surface area contributed by atoms with Crippen molar-refractivity contribution in [3.05, 3.63) is 78.6 Å². The van der Waals surface area contributed by atoms with E-state index in [9.17, 15) is 13.2 Å². The van der Waals surface area contributed by atoms with E-state index in [-0.39, 0.29) is 4.90 Å². The van der Waals surface area contributed by atoms with Crippen LogP contribution in [0.1, 0.15) is 5.56 Å². The van der Waals surface area contributed by atoms with Gasteiger partial charge >= 0.3 is 0 Å². The smallest absolute Gasteiger partial charge is 0.267 e. The van der Waals surface area contributed by atoms with E-state index < -0.39 is 15.9 Å². The van der Waals surface area contributed by atoms with E-state index in [1.54, 1.807) is 30.3 Å².